The summed E-state index contributed by atoms with van der Waals surface area (Å²) in [4.78, 5) is 24.3. The minimum absolute atomic E-state index is 0.131. The molecule has 0 bridgehead atoms. The molecule has 0 fully saturated rings. The van der Waals surface area contributed by atoms with Crippen molar-refractivity contribution in [1.82, 2.24) is 0 Å². The SMILES string of the molecule is CCOC(=O)CC(C(=O)OCC)C(CCCC(C)C)CC(C)C. The second-order valence-electron chi connectivity index (χ2n) is 7.08. The van der Waals surface area contributed by atoms with Gasteiger partial charge in [-0.15, -0.1) is 0 Å². The zero-order valence-electron chi connectivity index (χ0n) is 15.9. The van der Waals surface area contributed by atoms with E-state index < -0.39 is 0 Å². The van der Waals surface area contributed by atoms with Gasteiger partial charge in [-0.3, -0.25) is 9.59 Å². The molecule has 0 radical (unpaired) electrons. The molecule has 0 aliphatic heterocycles. The van der Waals surface area contributed by atoms with Gasteiger partial charge in [0.25, 0.3) is 0 Å². The zero-order valence-corrected chi connectivity index (χ0v) is 15.9. The molecule has 0 aliphatic rings. The first kappa shape index (κ1) is 21.9. The van der Waals surface area contributed by atoms with E-state index in [4.69, 9.17) is 9.47 Å². The van der Waals surface area contributed by atoms with Gasteiger partial charge in [-0.25, -0.2) is 0 Å². The van der Waals surface area contributed by atoms with Crippen molar-refractivity contribution in [3.05, 3.63) is 0 Å². The van der Waals surface area contributed by atoms with Gasteiger partial charge in [0.1, 0.15) is 0 Å². The van der Waals surface area contributed by atoms with Gasteiger partial charge in [0.05, 0.1) is 25.6 Å². The summed E-state index contributed by atoms with van der Waals surface area (Å²) in [6, 6.07) is 0. The largest absolute Gasteiger partial charge is 0.466 e. The monoisotopic (exact) mass is 328 g/mol. The first-order valence-electron chi connectivity index (χ1n) is 9.13. The van der Waals surface area contributed by atoms with Crippen molar-refractivity contribution in [2.45, 2.75) is 73.6 Å². The Morgan fingerprint density at radius 1 is 0.870 bits per heavy atom. The molecule has 0 amide bonds. The van der Waals surface area contributed by atoms with Crippen LogP contribution in [-0.4, -0.2) is 25.2 Å². The highest BCUT2D eigenvalue weighted by molar-refractivity contribution is 5.80. The predicted octanol–water partition coefficient (Wildman–Crippen LogP) is 4.61. The summed E-state index contributed by atoms with van der Waals surface area (Å²) in [5.74, 6) is 0.374. The van der Waals surface area contributed by atoms with Crippen LogP contribution in [0.5, 0.6) is 0 Å². The summed E-state index contributed by atoms with van der Waals surface area (Å²) in [5, 5.41) is 0. The third-order valence-corrected chi connectivity index (χ3v) is 3.98. The molecule has 2 atom stereocenters. The van der Waals surface area contributed by atoms with Crippen LogP contribution in [0.3, 0.4) is 0 Å². The number of esters is 2. The lowest BCUT2D eigenvalue weighted by Gasteiger charge is -2.27. The number of carbonyl (C=O) groups is 2. The Hall–Kier alpha value is -1.06. The van der Waals surface area contributed by atoms with E-state index in [1.165, 1.54) is 0 Å². The molecule has 0 rings (SSSR count). The molecule has 0 aromatic rings. The minimum atomic E-state index is -0.386. The van der Waals surface area contributed by atoms with Crippen LogP contribution in [0.4, 0.5) is 0 Å². The summed E-state index contributed by atoms with van der Waals surface area (Å²) < 4.78 is 10.3. The summed E-state index contributed by atoms with van der Waals surface area (Å²) >= 11 is 0. The minimum Gasteiger partial charge on any atom is -0.466 e. The average Bonchev–Trinajstić information content (AvgIpc) is 2.43. The molecular weight excluding hydrogens is 292 g/mol. The molecule has 4 heteroatoms. The van der Waals surface area contributed by atoms with Crippen molar-refractivity contribution in [1.29, 1.82) is 0 Å². The summed E-state index contributed by atoms with van der Waals surface area (Å²) in [6.45, 7) is 13.0. The molecular formula is C19H36O4. The van der Waals surface area contributed by atoms with Gasteiger partial charge < -0.3 is 9.47 Å². The lowest BCUT2D eigenvalue weighted by Crippen LogP contribution is -2.30. The molecule has 2 unspecified atom stereocenters. The molecule has 0 aliphatic carbocycles. The van der Waals surface area contributed by atoms with Crippen molar-refractivity contribution in [3.8, 4) is 0 Å². The van der Waals surface area contributed by atoms with Gasteiger partial charge in [0.15, 0.2) is 0 Å². The smallest absolute Gasteiger partial charge is 0.309 e. The lowest BCUT2D eigenvalue weighted by molar-refractivity contribution is -0.157. The van der Waals surface area contributed by atoms with Gasteiger partial charge in [-0.2, -0.15) is 0 Å². The Bertz CT molecular complexity index is 336. The Balaban J connectivity index is 5.00. The van der Waals surface area contributed by atoms with E-state index >= 15 is 0 Å². The van der Waals surface area contributed by atoms with Crippen LogP contribution >= 0.6 is 0 Å². The second kappa shape index (κ2) is 12.4. The Morgan fingerprint density at radius 2 is 1.48 bits per heavy atom. The van der Waals surface area contributed by atoms with Crippen molar-refractivity contribution >= 4 is 11.9 Å². The van der Waals surface area contributed by atoms with Crippen LogP contribution in [0.1, 0.15) is 73.6 Å². The van der Waals surface area contributed by atoms with E-state index in [9.17, 15) is 9.59 Å². The number of ether oxygens (including phenoxy) is 2. The van der Waals surface area contributed by atoms with Gasteiger partial charge in [0, 0.05) is 0 Å². The standard InChI is InChI=1S/C19H36O4/c1-7-22-18(20)13-17(19(21)23-8-2)16(12-15(5)6)11-9-10-14(3)4/h14-17H,7-13H2,1-6H3. The van der Waals surface area contributed by atoms with Crippen LogP contribution in [0, 0.1) is 23.7 Å². The van der Waals surface area contributed by atoms with Gasteiger partial charge in [-0.1, -0.05) is 40.5 Å². The first-order chi connectivity index (χ1) is 10.8. The van der Waals surface area contributed by atoms with Gasteiger partial charge in [0.2, 0.25) is 0 Å². The summed E-state index contributed by atoms with van der Waals surface area (Å²) in [6.07, 6.45) is 4.24. The van der Waals surface area contributed by atoms with E-state index in [-0.39, 0.29) is 30.2 Å². The van der Waals surface area contributed by atoms with Crippen LogP contribution < -0.4 is 0 Å². The highest BCUT2D eigenvalue weighted by Gasteiger charge is 2.32. The first-order valence-corrected chi connectivity index (χ1v) is 9.13. The number of hydrogen-bond donors (Lipinski definition) is 0. The molecule has 4 nitrogen and oxygen atoms in total. The predicted molar refractivity (Wildman–Crippen MR) is 93.0 cm³/mol. The number of rotatable bonds is 12. The maximum absolute atomic E-state index is 12.4. The molecule has 0 N–H and O–H groups in total. The van der Waals surface area contributed by atoms with Crippen LogP contribution in [0.15, 0.2) is 0 Å². The topological polar surface area (TPSA) is 52.6 Å². The Labute approximate surface area is 142 Å². The van der Waals surface area contributed by atoms with Crippen molar-refractivity contribution < 1.29 is 19.1 Å². The lowest BCUT2D eigenvalue weighted by atomic mass is 9.79. The van der Waals surface area contributed by atoms with Crippen LogP contribution in [0.2, 0.25) is 0 Å². The normalized spacial score (nSPS) is 13.9. The van der Waals surface area contributed by atoms with E-state index in [1.807, 2.05) is 0 Å². The molecule has 0 spiro atoms. The quantitative estimate of drug-likeness (QED) is 0.491. The molecule has 0 heterocycles. The van der Waals surface area contributed by atoms with E-state index in [0.717, 1.165) is 25.7 Å². The van der Waals surface area contributed by atoms with E-state index in [2.05, 4.69) is 27.7 Å². The van der Waals surface area contributed by atoms with E-state index in [1.54, 1.807) is 13.8 Å². The maximum Gasteiger partial charge on any atom is 0.309 e. The molecule has 0 aromatic carbocycles. The fourth-order valence-corrected chi connectivity index (χ4v) is 2.97. The zero-order chi connectivity index (χ0) is 17.8. The highest BCUT2D eigenvalue weighted by Crippen LogP contribution is 2.30. The average molecular weight is 328 g/mol. The molecule has 136 valence electrons. The van der Waals surface area contributed by atoms with Crippen molar-refractivity contribution in [2.24, 2.45) is 23.7 Å². The molecule has 23 heavy (non-hydrogen) atoms. The third kappa shape index (κ3) is 10.4. The Morgan fingerprint density at radius 3 is 1.96 bits per heavy atom. The Kier molecular flexibility index (Phi) is 11.8. The maximum atomic E-state index is 12.4. The molecule has 0 saturated heterocycles. The van der Waals surface area contributed by atoms with Crippen molar-refractivity contribution in [3.63, 3.8) is 0 Å². The van der Waals surface area contributed by atoms with Gasteiger partial charge in [-0.05, 0) is 44.4 Å². The molecule has 0 saturated carbocycles. The van der Waals surface area contributed by atoms with Crippen molar-refractivity contribution in [2.75, 3.05) is 13.2 Å². The van der Waals surface area contributed by atoms with Gasteiger partial charge >= 0.3 is 11.9 Å². The fourth-order valence-electron chi connectivity index (χ4n) is 2.97. The summed E-state index contributed by atoms with van der Waals surface area (Å²) in [5.41, 5.74) is 0. The number of hydrogen-bond acceptors (Lipinski definition) is 4. The molecule has 0 aromatic heterocycles. The third-order valence-electron chi connectivity index (χ3n) is 3.98. The van der Waals surface area contributed by atoms with Crippen LogP contribution in [0.25, 0.3) is 0 Å². The fraction of sp³-hybridized carbons (Fsp3) is 0.895. The highest BCUT2D eigenvalue weighted by atomic mass is 16.5. The summed E-state index contributed by atoms with van der Waals surface area (Å²) in [7, 11) is 0. The van der Waals surface area contributed by atoms with Crippen LogP contribution in [-0.2, 0) is 19.1 Å². The number of carbonyl (C=O) groups excluding carboxylic acids is 2. The second-order valence-corrected chi connectivity index (χ2v) is 7.08. The van der Waals surface area contributed by atoms with E-state index in [0.29, 0.717) is 25.0 Å².